The molecule has 2 amide bonds. The van der Waals surface area contributed by atoms with Crippen LogP contribution in [0.1, 0.15) is 71.6 Å². The number of nitrogens with zero attached hydrogens (tertiary/aromatic N) is 1. The molecule has 4 heteroatoms. The molecule has 1 saturated carbocycles. The topological polar surface area (TPSA) is 49.4 Å². The van der Waals surface area contributed by atoms with Crippen molar-refractivity contribution in [1.29, 1.82) is 0 Å². The molecule has 22 heavy (non-hydrogen) atoms. The van der Waals surface area contributed by atoms with Crippen LogP contribution in [0.5, 0.6) is 0 Å². The van der Waals surface area contributed by atoms with E-state index in [0.717, 1.165) is 31.7 Å². The van der Waals surface area contributed by atoms with Crippen LogP contribution in [0.3, 0.4) is 0 Å². The average molecular weight is 308 g/mol. The molecule has 1 aliphatic carbocycles. The molecule has 0 aromatic carbocycles. The second kappa shape index (κ2) is 8.54. The number of nitrogens with one attached hydrogen (secondary N) is 1. The Balaban J connectivity index is 1.68. The highest BCUT2D eigenvalue weighted by molar-refractivity contribution is 5.89. The van der Waals surface area contributed by atoms with Crippen molar-refractivity contribution in [2.45, 2.75) is 77.7 Å². The van der Waals surface area contributed by atoms with Crippen molar-refractivity contribution in [3.8, 4) is 0 Å². The molecule has 0 radical (unpaired) electrons. The van der Waals surface area contributed by atoms with Gasteiger partial charge in [-0.25, -0.2) is 0 Å². The summed E-state index contributed by atoms with van der Waals surface area (Å²) in [6.45, 7) is 5.60. The van der Waals surface area contributed by atoms with Crippen molar-refractivity contribution in [3.63, 3.8) is 0 Å². The zero-order chi connectivity index (χ0) is 15.9. The van der Waals surface area contributed by atoms with E-state index in [1.807, 2.05) is 4.90 Å². The Kier molecular flexibility index (Phi) is 6.71. The van der Waals surface area contributed by atoms with Crippen LogP contribution < -0.4 is 5.32 Å². The molecule has 1 atom stereocenters. The van der Waals surface area contributed by atoms with Crippen molar-refractivity contribution in [2.24, 2.45) is 11.8 Å². The molecular formula is C18H32N2O2. The van der Waals surface area contributed by atoms with E-state index in [9.17, 15) is 9.59 Å². The maximum Gasteiger partial charge on any atom is 0.225 e. The van der Waals surface area contributed by atoms with Crippen LogP contribution in [0.25, 0.3) is 0 Å². The number of hydrogen-bond donors (Lipinski definition) is 1. The van der Waals surface area contributed by atoms with Gasteiger partial charge in [0.2, 0.25) is 11.8 Å². The molecule has 1 N–H and O–H groups in total. The van der Waals surface area contributed by atoms with Crippen molar-refractivity contribution in [3.05, 3.63) is 0 Å². The van der Waals surface area contributed by atoms with Crippen molar-refractivity contribution < 1.29 is 9.59 Å². The molecule has 0 aromatic rings. The summed E-state index contributed by atoms with van der Waals surface area (Å²) in [7, 11) is 0. The number of carbonyl (C=O) groups is 2. The van der Waals surface area contributed by atoms with Crippen LogP contribution in [0.15, 0.2) is 0 Å². The Labute approximate surface area is 135 Å². The number of amides is 2. The first-order chi connectivity index (χ1) is 10.7. The lowest BCUT2D eigenvalue weighted by Gasteiger charge is -2.26. The second-order valence-corrected chi connectivity index (χ2v) is 7.00. The van der Waals surface area contributed by atoms with Gasteiger partial charge in [-0.15, -0.1) is 0 Å². The average Bonchev–Trinajstić information content (AvgIpc) is 3.15. The van der Waals surface area contributed by atoms with Gasteiger partial charge >= 0.3 is 0 Å². The molecule has 1 aliphatic heterocycles. The highest BCUT2D eigenvalue weighted by Gasteiger charge is 2.36. The Morgan fingerprint density at radius 3 is 2.59 bits per heavy atom. The normalized spacial score (nSPS) is 22.8. The molecule has 2 rings (SSSR count). The molecule has 0 bridgehead atoms. The zero-order valence-electron chi connectivity index (χ0n) is 14.3. The van der Waals surface area contributed by atoms with E-state index in [-0.39, 0.29) is 17.7 Å². The van der Waals surface area contributed by atoms with Gasteiger partial charge in [0.15, 0.2) is 0 Å². The summed E-state index contributed by atoms with van der Waals surface area (Å²) in [5.74, 6) is 0.975. The Bertz CT molecular complexity index is 373. The molecule has 1 heterocycles. The lowest BCUT2D eigenvalue weighted by Crippen LogP contribution is -2.38. The first-order valence-electron chi connectivity index (χ1n) is 9.22. The maximum absolute atomic E-state index is 12.2. The second-order valence-electron chi connectivity index (χ2n) is 7.00. The van der Waals surface area contributed by atoms with Gasteiger partial charge in [-0.2, -0.15) is 0 Å². The van der Waals surface area contributed by atoms with Crippen LogP contribution in [0.2, 0.25) is 0 Å². The molecule has 0 spiro atoms. The van der Waals surface area contributed by atoms with Crippen molar-refractivity contribution in [1.82, 2.24) is 10.2 Å². The number of hydrogen-bond acceptors (Lipinski definition) is 2. The van der Waals surface area contributed by atoms with Crippen LogP contribution in [-0.2, 0) is 9.59 Å². The summed E-state index contributed by atoms with van der Waals surface area (Å²) in [6, 6.07) is 0.299. The van der Waals surface area contributed by atoms with Crippen LogP contribution in [0, 0.1) is 11.8 Å². The monoisotopic (exact) mass is 308 g/mol. The Morgan fingerprint density at radius 2 is 1.95 bits per heavy atom. The summed E-state index contributed by atoms with van der Waals surface area (Å²) < 4.78 is 0. The van der Waals surface area contributed by atoms with Gasteiger partial charge in [0, 0.05) is 25.6 Å². The molecule has 1 saturated heterocycles. The standard InChI is InChI=1S/C18H32N2O2/c1-3-16(4-2)20-13-15(12-17(20)21)18(22)19-11-7-10-14-8-5-6-9-14/h14-16H,3-13H2,1-2H3,(H,19,22). The molecule has 1 unspecified atom stereocenters. The van der Waals surface area contributed by atoms with E-state index in [1.54, 1.807) is 0 Å². The minimum atomic E-state index is -0.139. The van der Waals surface area contributed by atoms with Crippen LogP contribution >= 0.6 is 0 Å². The fourth-order valence-corrected chi connectivity index (χ4v) is 4.04. The predicted molar refractivity (Wildman–Crippen MR) is 88.4 cm³/mol. The van der Waals surface area contributed by atoms with Gasteiger partial charge < -0.3 is 10.2 Å². The quantitative estimate of drug-likeness (QED) is 0.700. The fraction of sp³-hybridized carbons (Fsp3) is 0.889. The van der Waals surface area contributed by atoms with E-state index < -0.39 is 0 Å². The molecule has 2 fully saturated rings. The van der Waals surface area contributed by atoms with E-state index in [1.165, 1.54) is 32.1 Å². The summed E-state index contributed by atoms with van der Waals surface area (Å²) in [5.41, 5.74) is 0. The third-order valence-electron chi connectivity index (χ3n) is 5.48. The molecular weight excluding hydrogens is 276 g/mol. The van der Waals surface area contributed by atoms with Crippen molar-refractivity contribution in [2.75, 3.05) is 13.1 Å². The van der Waals surface area contributed by atoms with Crippen molar-refractivity contribution >= 4 is 11.8 Å². The van der Waals surface area contributed by atoms with E-state index in [2.05, 4.69) is 19.2 Å². The van der Waals surface area contributed by atoms with Gasteiger partial charge in [-0.3, -0.25) is 9.59 Å². The Morgan fingerprint density at radius 1 is 1.27 bits per heavy atom. The molecule has 0 aromatic heterocycles. The van der Waals surface area contributed by atoms with Crippen LogP contribution in [-0.4, -0.2) is 35.8 Å². The Hall–Kier alpha value is -1.06. The first-order valence-corrected chi connectivity index (χ1v) is 9.22. The molecule has 4 nitrogen and oxygen atoms in total. The van der Waals surface area contributed by atoms with E-state index in [4.69, 9.17) is 0 Å². The summed E-state index contributed by atoms with van der Waals surface area (Å²) in [5, 5.41) is 3.05. The lowest BCUT2D eigenvalue weighted by molar-refractivity contribution is -0.130. The minimum absolute atomic E-state index is 0.0771. The van der Waals surface area contributed by atoms with Gasteiger partial charge in [0.25, 0.3) is 0 Å². The molecule has 126 valence electrons. The largest absolute Gasteiger partial charge is 0.356 e. The highest BCUT2D eigenvalue weighted by Crippen LogP contribution is 2.28. The van der Waals surface area contributed by atoms with Gasteiger partial charge in [-0.05, 0) is 31.6 Å². The zero-order valence-corrected chi connectivity index (χ0v) is 14.3. The lowest BCUT2D eigenvalue weighted by atomic mass is 10.0. The summed E-state index contributed by atoms with van der Waals surface area (Å²) in [4.78, 5) is 26.3. The summed E-state index contributed by atoms with van der Waals surface area (Å²) in [6.07, 6.45) is 10.2. The third kappa shape index (κ3) is 4.47. The smallest absolute Gasteiger partial charge is 0.225 e. The van der Waals surface area contributed by atoms with Gasteiger partial charge in [0.1, 0.15) is 0 Å². The SMILES string of the molecule is CCC(CC)N1CC(C(=O)NCCCC2CCCC2)CC1=O. The van der Waals surface area contributed by atoms with Crippen LogP contribution in [0.4, 0.5) is 0 Å². The number of likely N-dealkylation sites (tertiary alicyclic amines) is 1. The third-order valence-corrected chi connectivity index (χ3v) is 5.48. The van der Waals surface area contributed by atoms with E-state index in [0.29, 0.717) is 19.0 Å². The van der Waals surface area contributed by atoms with E-state index >= 15 is 0 Å². The fourth-order valence-electron chi connectivity index (χ4n) is 4.04. The maximum atomic E-state index is 12.2. The number of rotatable bonds is 8. The van der Waals surface area contributed by atoms with Gasteiger partial charge in [-0.1, -0.05) is 39.5 Å². The van der Waals surface area contributed by atoms with Gasteiger partial charge in [0.05, 0.1) is 5.92 Å². The number of carbonyl (C=O) groups excluding carboxylic acids is 2. The summed E-state index contributed by atoms with van der Waals surface area (Å²) >= 11 is 0. The minimum Gasteiger partial charge on any atom is -0.356 e. The predicted octanol–water partition coefficient (Wildman–Crippen LogP) is 3.11. The highest BCUT2D eigenvalue weighted by atomic mass is 16.2. The molecule has 2 aliphatic rings. The first kappa shape index (κ1) is 17.3.